The Kier molecular flexibility index (Phi) is 26.8. The minimum absolute atomic E-state index is 0. The molecule has 38 heteroatoms. The van der Waals surface area contributed by atoms with Crippen LogP contribution in [0.3, 0.4) is 0 Å². The third-order valence-electron chi connectivity index (χ3n) is 13.8. The largest absolute Gasteiger partial charge is 3.00 e. The van der Waals surface area contributed by atoms with Crippen molar-refractivity contribution >= 4 is 146 Å². The van der Waals surface area contributed by atoms with Crippen molar-refractivity contribution in [3.05, 3.63) is 212 Å². The van der Waals surface area contributed by atoms with Crippen molar-refractivity contribution in [2.24, 2.45) is 30.7 Å². The summed E-state index contributed by atoms with van der Waals surface area (Å²) in [6, 6.07) is 40.0. The van der Waals surface area contributed by atoms with E-state index in [4.69, 9.17) is 0 Å². The van der Waals surface area contributed by atoms with Crippen molar-refractivity contribution in [2.75, 3.05) is 0 Å². The van der Waals surface area contributed by atoms with Crippen molar-refractivity contribution in [3.8, 4) is 34.5 Å². The van der Waals surface area contributed by atoms with Crippen molar-refractivity contribution in [2.45, 2.75) is 14.7 Å². The van der Waals surface area contributed by atoms with Crippen LogP contribution in [0.2, 0.25) is 0 Å². The van der Waals surface area contributed by atoms with Gasteiger partial charge >= 0.3 is 123 Å². The SMILES string of the molecule is O=[N+]([O-])c1ccc2c(N=Nc3c([O-])ccc4ccccc34)c([O-])cc(S(=O)(=O)[O-])c2c1.O=[N+]([O-])c1ccc2c(N=Nc3c([O-])ccc4ccccc34)c([O-])cc(S(=O)(=O)[O-])c2c1.O=[N+]([O-])c1ccc2c(N=Nc3c([O-])ccc4ccccc34)c([O-])cc(S(=O)(=O)[O-])c2c1.[Cr+3].[Cr+3].[Na+].[Na+].[Na+]. The fraction of sp³-hybridized carbons (Fsp3) is 0. The Morgan fingerprint density at radius 2 is 0.480 bits per heavy atom. The van der Waals surface area contributed by atoms with Gasteiger partial charge in [-0.2, -0.15) is 30.7 Å². The molecule has 0 aromatic heterocycles. The molecule has 12 aromatic rings. The molecule has 0 unspecified atom stereocenters. The molecular formula is C60H30Cr2N9Na3O21S3. The molecule has 0 atom stereocenters. The first-order chi connectivity index (χ1) is 44.0. The molecule has 12 aromatic carbocycles. The summed E-state index contributed by atoms with van der Waals surface area (Å²) in [5.41, 5.74) is -2.60. The molecule has 0 spiro atoms. The standard InChI is InChI=1S/3C20H13N3O7S.2Cr.3Na/c3*24-16-8-5-11-3-1-2-4-13(11)19(16)21-22-20-14-7-6-12(23(26)27)9-15(14)18(10-17(20)25)31(28,29)30;;;;;/h3*1-10,24-25H,(H,28,29,30);;;;;/q;;;2*+3;3*+1/p-9. The van der Waals surface area contributed by atoms with E-state index in [9.17, 15) is 99.9 Å². The number of benzene rings is 12. The molecule has 2 radical (unpaired) electrons. The summed E-state index contributed by atoms with van der Waals surface area (Å²) in [5, 5.41) is 133. The van der Waals surface area contributed by atoms with Gasteiger partial charge in [-0.15, -0.1) is 0 Å². The van der Waals surface area contributed by atoms with Gasteiger partial charge in [-0.05, 0) is 52.6 Å². The van der Waals surface area contributed by atoms with Crippen molar-refractivity contribution < 1.29 is 208 Å². The van der Waals surface area contributed by atoms with E-state index in [-0.39, 0.29) is 190 Å². The number of nitro benzene ring substituents is 3. The fourth-order valence-corrected chi connectivity index (χ4v) is 11.7. The molecule has 0 amide bonds. The molecular weight excluding hydrogens is 1450 g/mol. The van der Waals surface area contributed by atoms with Gasteiger partial charge in [0.2, 0.25) is 0 Å². The summed E-state index contributed by atoms with van der Waals surface area (Å²) in [6.07, 6.45) is 0. The van der Waals surface area contributed by atoms with E-state index in [2.05, 4.69) is 30.7 Å². The van der Waals surface area contributed by atoms with Crippen LogP contribution in [-0.4, -0.2) is 53.7 Å². The second-order valence-electron chi connectivity index (χ2n) is 19.5. The monoisotopic (exact) mass is 1480 g/mol. The third-order valence-corrected chi connectivity index (χ3v) is 16.5. The molecule has 0 saturated carbocycles. The maximum atomic E-state index is 12.5. The number of hydrogen-bond acceptors (Lipinski definition) is 27. The van der Waals surface area contributed by atoms with Gasteiger partial charge in [0.15, 0.2) is 0 Å². The van der Waals surface area contributed by atoms with Gasteiger partial charge in [-0.3, -0.25) is 30.3 Å². The molecule has 12 rings (SSSR count). The minimum atomic E-state index is -5.11. The normalized spacial score (nSPS) is 11.4. The second-order valence-corrected chi connectivity index (χ2v) is 23.5. The zero-order valence-electron chi connectivity index (χ0n) is 50.0. The van der Waals surface area contributed by atoms with E-state index in [1.807, 2.05) is 0 Å². The zero-order valence-corrected chi connectivity index (χ0v) is 61.0. The Labute approximate surface area is 639 Å². The van der Waals surface area contributed by atoms with Crippen LogP contribution >= 0.6 is 0 Å². The van der Waals surface area contributed by atoms with E-state index in [1.165, 1.54) is 18.2 Å². The van der Waals surface area contributed by atoms with Crippen molar-refractivity contribution in [3.63, 3.8) is 0 Å². The Morgan fingerprint density at radius 3 is 0.694 bits per heavy atom. The van der Waals surface area contributed by atoms with Crippen LogP contribution in [0.5, 0.6) is 34.5 Å². The molecule has 0 saturated heterocycles. The van der Waals surface area contributed by atoms with Gasteiger partial charge in [0.25, 0.3) is 17.1 Å². The fourth-order valence-electron chi connectivity index (χ4n) is 9.61. The first-order valence-electron chi connectivity index (χ1n) is 26.0. The topological polar surface area (TPSA) is 514 Å². The first kappa shape index (κ1) is 80.5. The minimum Gasteiger partial charge on any atom is -0.871 e. The average Bonchev–Trinajstić information content (AvgIpc) is 0.770. The number of hydrogen-bond donors (Lipinski definition) is 0. The number of non-ortho nitro benzene ring substituents is 3. The average molecular weight is 1480 g/mol. The zero-order chi connectivity index (χ0) is 67.0. The summed E-state index contributed by atoms with van der Waals surface area (Å²) in [5.74, 6) is -4.16. The van der Waals surface area contributed by atoms with E-state index in [0.29, 0.717) is 50.5 Å². The smallest absolute Gasteiger partial charge is 0.871 e. The molecule has 0 aliphatic carbocycles. The Bertz CT molecular complexity index is 5130. The Balaban J connectivity index is 0.000000259. The first-order valence-corrected chi connectivity index (χ1v) is 30.2. The van der Waals surface area contributed by atoms with Gasteiger partial charge in [0.05, 0.1) is 63.6 Å². The summed E-state index contributed by atoms with van der Waals surface area (Å²) in [4.78, 5) is 28.2. The quantitative estimate of drug-likeness (QED) is 0.0543. The van der Waals surface area contributed by atoms with Crippen LogP contribution in [-0.2, 0) is 65.1 Å². The molecule has 0 aliphatic heterocycles. The summed E-state index contributed by atoms with van der Waals surface area (Å²) >= 11 is 0. The second kappa shape index (κ2) is 32.6. The van der Waals surface area contributed by atoms with Crippen molar-refractivity contribution in [1.29, 1.82) is 0 Å². The van der Waals surface area contributed by atoms with Gasteiger partial charge in [0.1, 0.15) is 30.4 Å². The summed E-state index contributed by atoms with van der Waals surface area (Å²) in [6.45, 7) is 0. The molecule has 0 aliphatic rings. The van der Waals surface area contributed by atoms with Gasteiger partial charge in [-0.25, -0.2) is 25.3 Å². The Morgan fingerprint density at radius 1 is 0.265 bits per heavy atom. The predicted molar refractivity (Wildman–Crippen MR) is 317 cm³/mol. The maximum Gasteiger partial charge on any atom is 3.00 e. The van der Waals surface area contributed by atoms with Crippen LogP contribution < -0.4 is 119 Å². The van der Waals surface area contributed by atoms with E-state index in [1.54, 1.807) is 91.0 Å². The van der Waals surface area contributed by atoms with E-state index in [0.717, 1.165) is 54.6 Å². The van der Waals surface area contributed by atoms with Crippen LogP contribution in [0.25, 0.3) is 64.6 Å². The predicted octanol–water partition coefficient (Wildman–Crippen LogP) is 1.11. The van der Waals surface area contributed by atoms with E-state index < -0.39 is 111 Å². The van der Waals surface area contributed by atoms with Gasteiger partial charge < -0.3 is 44.3 Å². The summed E-state index contributed by atoms with van der Waals surface area (Å²) < 4.78 is 104. The van der Waals surface area contributed by atoms with Gasteiger partial charge in [0, 0.05) is 84.9 Å². The molecule has 474 valence electrons. The van der Waals surface area contributed by atoms with Gasteiger partial charge in [-0.1, -0.05) is 144 Å². The molecule has 98 heavy (non-hydrogen) atoms. The van der Waals surface area contributed by atoms with Crippen LogP contribution in [0, 0.1) is 30.3 Å². The van der Waals surface area contributed by atoms with E-state index >= 15 is 0 Å². The number of azo groups is 3. The third kappa shape index (κ3) is 17.3. The summed E-state index contributed by atoms with van der Waals surface area (Å²) in [7, 11) is -15.3. The number of rotatable bonds is 12. The van der Waals surface area contributed by atoms with Crippen LogP contribution in [0.1, 0.15) is 0 Å². The molecule has 30 nitrogen and oxygen atoms in total. The number of nitro groups is 3. The molecule has 0 fully saturated rings. The Hall–Kier alpha value is -8.21. The van der Waals surface area contributed by atoms with Crippen molar-refractivity contribution in [1.82, 2.24) is 0 Å². The maximum absolute atomic E-state index is 12.5. The number of fused-ring (bicyclic) bond motifs is 6. The molecule has 0 heterocycles. The molecule has 0 N–H and O–H groups in total. The van der Waals surface area contributed by atoms with Crippen LogP contribution in [0.15, 0.2) is 227 Å². The number of nitrogens with zero attached hydrogens (tertiary/aromatic N) is 9. The van der Waals surface area contributed by atoms with Crippen LogP contribution in [0.4, 0.5) is 51.2 Å². The molecule has 0 bridgehead atoms.